The molecule has 0 saturated heterocycles. The standard InChI is InChI=1S/C21H20BrClN4O/c1-14-11-16(15(2)27(14)20-6-4-3-5-19(20)22)12-25-26-21(28)13-24-18-9-7-17(23)8-10-18/h3-12,24H,13H2,1-2H3,(H,26,28)/b25-12-. The van der Waals surface area contributed by atoms with E-state index in [1.807, 2.05) is 50.2 Å². The maximum absolute atomic E-state index is 12.0. The number of carbonyl (C=O) groups is 1. The van der Waals surface area contributed by atoms with Gasteiger partial charge in [-0.05, 0) is 72.2 Å². The Balaban J connectivity index is 1.63. The first-order valence-electron chi connectivity index (χ1n) is 8.71. The van der Waals surface area contributed by atoms with Crippen molar-refractivity contribution in [2.24, 2.45) is 5.10 Å². The van der Waals surface area contributed by atoms with E-state index >= 15 is 0 Å². The van der Waals surface area contributed by atoms with Crippen LogP contribution in [0, 0.1) is 13.8 Å². The Morgan fingerprint density at radius 1 is 1.18 bits per heavy atom. The topological polar surface area (TPSA) is 58.4 Å². The third-order valence-corrected chi connectivity index (χ3v) is 5.18. The highest BCUT2D eigenvalue weighted by Gasteiger charge is 2.11. The first-order chi connectivity index (χ1) is 13.5. The normalized spacial score (nSPS) is 11.0. The minimum Gasteiger partial charge on any atom is -0.376 e. The van der Waals surface area contributed by atoms with Gasteiger partial charge in [-0.15, -0.1) is 0 Å². The molecule has 0 fully saturated rings. The number of para-hydroxylation sites is 1. The second-order valence-electron chi connectivity index (χ2n) is 6.27. The van der Waals surface area contributed by atoms with Crippen LogP contribution < -0.4 is 10.7 Å². The summed E-state index contributed by atoms with van der Waals surface area (Å²) in [6.45, 7) is 4.19. The predicted octanol–water partition coefficient (Wildman–Crippen LogP) is 5.07. The van der Waals surface area contributed by atoms with Crippen LogP contribution in [0.3, 0.4) is 0 Å². The molecule has 3 rings (SSSR count). The predicted molar refractivity (Wildman–Crippen MR) is 119 cm³/mol. The molecule has 3 aromatic rings. The lowest BCUT2D eigenvalue weighted by Gasteiger charge is -2.11. The lowest BCUT2D eigenvalue weighted by Crippen LogP contribution is -2.25. The molecule has 5 nitrogen and oxygen atoms in total. The Bertz CT molecular complexity index is 1010. The Morgan fingerprint density at radius 2 is 1.89 bits per heavy atom. The average Bonchev–Trinajstić information content (AvgIpc) is 2.95. The molecule has 7 heteroatoms. The number of hydrogen-bond donors (Lipinski definition) is 2. The van der Waals surface area contributed by atoms with E-state index in [1.54, 1.807) is 18.3 Å². The fraction of sp³-hybridized carbons (Fsp3) is 0.143. The lowest BCUT2D eigenvalue weighted by molar-refractivity contribution is -0.119. The summed E-state index contributed by atoms with van der Waals surface area (Å²) in [7, 11) is 0. The van der Waals surface area contributed by atoms with Crippen molar-refractivity contribution in [2.45, 2.75) is 13.8 Å². The van der Waals surface area contributed by atoms with Crippen molar-refractivity contribution in [3.05, 3.63) is 81.0 Å². The van der Waals surface area contributed by atoms with E-state index < -0.39 is 0 Å². The summed E-state index contributed by atoms with van der Waals surface area (Å²) in [6.07, 6.45) is 1.66. The maximum atomic E-state index is 12.0. The molecule has 2 N–H and O–H groups in total. The number of anilines is 1. The zero-order valence-corrected chi connectivity index (χ0v) is 17.9. The van der Waals surface area contributed by atoms with Gasteiger partial charge in [0.2, 0.25) is 0 Å². The number of rotatable bonds is 6. The van der Waals surface area contributed by atoms with Crippen molar-refractivity contribution in [1.82, 2.24) is 9.99 Å². The fourth-order valence-corrected chi connectivity index (χ4v) is 3.47. The molecule has 1 heterocycles. The van der Waals surface area contributed by atoms with Gasteiger partial charge in [-0.25, -0.2) is 5.43 Å². The Hall–Kier alpha value is -2.57. The number of halogens is 2. The van der Waals surface area contributed by atoms with Crippen LogP contribution in [-0.2, 0) is 4.79 Å². The van der Waals surface area contributed by atoms with Crippen LogP contribution in [0.1, 0.15) is 17.0 Å². The van der Waals surface area contributed by atoms with Crippen LogP contribution >= 0.6 is 27.5 Å². The molecule has 0 aliphatic carbocycles. The van der Waals surface area contributed by atoms with E-state index in [0.29, 0.717) is 5.02 Å². The van der Waals surface area contributed by atoms with Crippen molar-refractivity contribution in [3.63, 3.8) is 0 Å². The monoisotopic (exact) mass is 458 g/mol. The second kappa shape index (κ2) is 9.08. The van der Waals surface area contributed by atoms with Gasteiger partial charge in [0.05, 0.1) is 18.4 Å². The molecule has 144 valence electrons. The fourth-order valence-electron chi connectivity index (χ4n) is 2.89. The van der Waals surface area contributed by atoms with Gasteiger partial charge in [-0.1, -0.05) is 23.7 Å². The van der Waals surface area contributed by atoms with E-state index in [1.165, 1.54) is 0 Å². The van der Waals surface area contributed by atoms with Gasteiger partial charge in [0.1, 0.15) is 0 Å². The maximum Gasteiger partial charge on any atom is 0.259 e. The second-order valence-corrected chi connectivity index (χ2v) is 7.56. The zero-order valence-electron chi connectivity index (χ0n) is 15.5. The summed E-state index contributed by atoms with van der Waals surface area (Å²) >= 11 is 9.44. The molecule has 28 heavy (non-hydrogen) atoms. The molecule has 2 aromatic carbocycles. The number of carbonyl (C=O) groups excluding carboxylic acids is 1. The quantitative estimate of drug-likeness (QED) is 0.399. The van der Waals surface area contributed by atoms with Gasteiger partial charge < -0.3 is 9.88 Å². The molecular formula is C21H20BrClN4O. The average molecular weight is 460 g/mol. The lowest BCUT2D eigenvalue weighted by atomic mass is 10.2. The SMILES string of the molecule is Cc1cc(/C=N\NC(=O)CNc2ccc(Cl)cc2)c(C)n1-c1ccccc1Br. The van der Waals surface area contributed by atoms with Crippen molar-refractivity contribution < 1.29 is 4.79 Å². The number of hydrogen-bond acceptors (Lipinski definition) is 3. The smallest absolute Gasteiger partial charge is 0.259 e. The summed E-state index contributed by atoms with van der Waals surface area (Å²) in [5.41, 5.74) is 7.50. The number of aromatic nitrogens is 1. The van der Waals surface area contributed by atoms with Gasteiger partial charge in [0.15, 0.2) is 0 Å². The number of aryl methyl sites for hydroxylation is 1. The molecule has 1 aromatic heterocycles. The zero-order chi connectivity index (χ0) is 20.1. The van der Waals surface area contributed by atoms with Crippen LogP contribution in [0.4, 0.5) is 5.69 Å². The number of nitrogens with zero attached hydrogens (tertiary/aromatic N) is 2. The van der Waals surface area contributed by atoms with Crippen molar-refractivity contribution in [1.29, 1.82) is 0 Å². The molecule has 1 amide bonds. The molecular weight excluding hydrogens is 440 g/mol. The number of hydrazone groups is 1. The van der Waals surface area contributed by atoms with Gasteiger partial charge in [-0.2, -0.15) is 5.10 Å². The minimum atomic E-state index is -0.231. The summed E-state index contributed by atoms with van der Waals surface area (Å²) in [5.74, 6) is -0.231. The molecule has 0 saturated carbocycles. The Kier molecular flexibility index (Phi) is 6.54. The third kappa shape index (κ3) is 4.82. The molecule has 0 atom stereocenters. The molecule has 0 aliphatic heterocycles. The number of nitrogens with one attached hydrogen (secondary N) is 2. The molecule has 0 aliphatic rings. The van der Waals surface area contributed by atoms with Crippen LogP contribution in [0.25, 0.3) is 5.69 Å². The Morgan fingerprint density at radius 3 is 2.61 bits per heavy atom. The molecule has 0 spiro atoms. The van der Waals surface area contributed by atoms with Crippen LogP contribution in [0.5, 0.6) is 0 Å². The number of benzene rings is 2. The molecule has 0 unspecified atom stereocenters. The summed E-state index contributed by atoms with van der Waals surface area (Å²) < 4.78 is 3.16. The first-order valence-corrected chi connectivity index (χ1v) is 9.88. The van der Waals surface area contributed by atoms with Crippen LogP contribution in [0.2, 0.25) is 5.02 Å². The summed E-state index contributed by atoms with van der Waals surface area (Å²) in [4.78, 5) is 12.0. The minimum absolute atomic E-state index is 0.120. The largest absolute Gasteiger partial charge is 0.376 e. The van der Waals surface area contributed by atoms with E-state index in [4.69, 9.17) is 11.6 Å². The van der Waals surface area contributed by atoms with Gasteiger partial charge in [0, 0.05) is 32.1 Å². The first kappa shape index (κ1) is 20.2. The van der Waals surface area contributed by atoms with Gasteiger partial charge in [0.25, 0.3) is 5.91 Å². The molecule has 0 radical (unpaired) electrons. The summed E-state index contributed by atoms with van der Waals surface area (Å²) in [5, 5.41) is 7.76. The third-order valence-electron chi connectivity index (χ3n) is 4.25. The summed E-state index contributed by atoms with van der Waals surface area (Å²) in [6, 6.07) is 17.2. The highest BCUT2D eigenvalue weighted by molar-refractivity contribution is 9.10. The van der Waals surface area contributed by atoms with Crippen molar-refractivity contribution in [3.8, 4) is 5.69 Å². The molecule has 0 bridgehead atoms. The van der Waals surface area contributed by atoms with Crippen LogP contribution in [0.15, 0.2) is 64.2 Å². The van der Waals surface area contributed by atoms with Crippen molar-refractivity contribution in [2.75, 3.05) is 11.9 Å². The van der Waals surface area contributed by atoms with Crippen LogP contribution in [-0.4, -0.2) is 23.2 Å². The van der Waals surface area contributed by atoms with Gasteiger partial charge >= 0.3 is 0 Å². The number of amides is 1. The Labute approximate surface area is 177 Å². The van der Waals surface area contributed by atoms with Gasteiger partial charge in [-0.3, -0.25) is 4.79 Å². The van der Waals surface area contributed by atoms with E-state index in [9.17, 15) is 4.79 Å². The highest BCUT2D eigenvalue weighted by Crippen LogP contribution is 2.26. The van der Waals surface area contributed by atoms with E-state index in [-0.39, 0.29) is 12.5 Å². The van der Waals surface area contributed by atoms with E-state index in [2.05, 4.69) is 42.4 Å². The van der Waals surface area contributed by atoms with Crippen molar-refractivity contribution >= 4 is 45.3 Å². The highest BCUT2D eigenvalue weighted by atomic mass is 79.9. The van der Waals surface area contributed by atoms with E-state index in [0.717, 1.165) is 32.8 Å².